The molecule has 0 heterocycles. The van der Waals surface area contributed by atoms with E-state index < -0.39 is 0 Å². The predicted octanol–water partition coefficient (Wildman–Crippen LogP) is 2.62. The van der Waals surface area contributed by atoms with Gasteiger partial charge in [-0.05, 0) is 47.5 Å². The van der Waals surface area contributed by atoms with E-state index in [1.165, 1.54) is 0 Å². The van der Waals surface area contributed by atoms with Crippen molar-refractivity contribution in [3.8, 4) is 0 Å². The Kier molecular flexibility index (Phi) is 7.58. The number of rotatable bonds is 7. The van der Waals surface area contributed by atoms with Gasteiger partial charge in [0.2, 0.25) is 0 Å². The summed E-state index contributed by atoms with van der Waals surface area (Å²) in [7, 11) is 0. The van der Waals surface area contributed by atoms with Gasteiger partial charge in [0, 0.05) is 17.6 Å². The number of halogens is 1. The van der Waals surface area contributed by atoms with Crippen LogP contribution in [0.4, 0.5) is 10.5 Å². The van der Waals surface area contributed by atoms with E-state index in [4.69, 9.17) is 9.84 Å². The molecule has 1 aromatic carbocycles. The molecule has 0 bridgehead atoms. The number of carbonyl (C=O) groups is 1. The first kappa shape index (κ1) is 16.9. The van der Waals surface area contributed by atoms with Crippen molar-refractivity contribution in [2.45, 2.75) is 13.8 Å². The highest BCUT2D eigenvalue weighted by Crippen LogP contribution is 2.23. The Bertz CT molecular complexity index is 440. The molecule has 112 valence electrons. The molecule has 0 aliphatic rings. The molecule has 0 saturated carbocycles. The average molecular weight is 345 g/mol. The van der Waals surface area contributed by atoms with E-state index in [1.54, 1.807) is 4.90 Å². The first-order valence-electron chi connectivity index (χ1n) is 6.59. The summed E-state index contributed by atoms with van der Waals surface area (Å²) < 4.78 is 6.03. The Labute approximate surface area is 128 Å². The van der Waals surface area contributed by atoms with Crippen LogP contribution in [0, 0.1) is 6.92 Å². The van der Waals surface area contributed by atoms with Crippen LogP contribution in [0.2, 0.25) is 0 Å². The molecule has 0 radical (unpaired) electrons. The monoisotopic (exact) mass is 344 g/mol. The summed E-state index contributed by atoms with van der Waals surface area (Å²) in [5, 5.41) is 11.5. The van der Waals surface area contributed by atoms with Gasteiger partial charge in [-0.3, -0.25) is 0 Å². The van der Waals surface area contributed by atoms with Crippen molar-refractivity contribution in [3.63, 3.8) is 0 Å². The fourth-order valence-corrected chi connectivity index (χ4v) is 2.25. The minimum atomic E-state index is -0.162. The van der Waals surface area contributed by atoms with Crippen LogP contribution in [0.15, 0.2) is 22.7 Å². The molecular formula is C14H21BrN2O3. The fourth-order valence-electron chi connectivity index (χ4n) is 1.66. The summed E-state index contributed by atoms with van der Waals surface area (Å²) in [5.74, 6) is 0. The number of likely N-dealkylation sites (N-methyl/N-ethyl adjacent to an activating group) is 1. The van der Waals surface area contributed by atoms with Crippen molar-refractivity contribution in [2.75, 3.05) is 38.2 Å². The third-order valence-corrected chi connectivity index (χ3v) is 3.43. The van der Waals surface area contributed by atoms with Crippen molar-refractivity contribution in [1.82, 2.24) is 4.90 Å². The van der Waals surface area contributed by atoms with Gasteiger partial charge in [-0.15, -0.1) is 0 Å². The highest BCUT2D eigenvalue weighted by Gasteiger charge is 2.12. The van der Waals surface area contributed by atoms with Gasteiger partial charge >= 0.3 is 6.03 Å². The van der Waals surface area contributed by atoms with Crippen molar-refractivity contribution in [1.29, 1.82) is 0 Å². The molecule has 0 unspecified atom stereocenters. The predicted molar refractivity (Wildman–Crippen MR) is 83.0 cm³/mol. The number of nitrogens with one attached hydrogen (secondary N) is 1. The third-order valence-electron chi connectivity index (χ3n) is 2.78. The minimum Gasteiger partial charge on any atom is -0.394 e. The Morgan fingerprint density at radius 3 is 2.80 bits per heavy atom. The molecule has 5 nitrogen and oxygen atoms in total. The molecule has 0 aliphatic heterocycles. The molecular weight excluding hydrogens is 324 g/mol. The molecule has 0 aliphatic carbocycles. The van der Waals surface area contributed by atoms with Gasteiger partial charge in [-0.1, -0.05) is 6.07 Å². The molecule has 1 rings (SSSR count). The maximum atomic E-state index is 12.1. The molecule has 0 saturated heterocycles. The first-order chi connectivity index (χ1) is 9.58. The lowest BCUT2D eigenvalue weighted by molar-refractivity contribution is 0.0807. The lowest BCUT2D eigenvalue weighted by Crippen LogP contribution is -2.37. The summed E-state index contributed by atoms with van der Waals surface area (Å²) in [6.45, 7) is 5.70. The van der Waals surface area contributed by atoms with E-state index in [1.807, 2.05) is 32.0 Å². The van der Waals surface area contributed by atoms with Crippen LogP contribution in [0.3, 0.4) is 0 Å². The van der Waals surface area contributed by atoms with Crippen LogP contribution in [-0.4, -0.2) is 48.9 Å². The zero-order valence-corrected chi connectivity index (χ0v) is 13.4. The van der Waals surface area contributed by atoms with Crippen molar-refractivity contribution in [2.24, 2.45) is 0 Å². The number of aliphatic hydroxyl groups excluding tert-OH is 1. The second-order valence-corrected chi connectivity index (χ2v) is 5.18. The van der Waals surface area contributed by atoms with Crippen LogP contribution in [-0.2, 0) is 4.74 Å². The number of hydrogen-bond acceptors (Lipinski definition) is 3. The summed E-state index contributed by atoms with van der Waals surface area (Å²) in [5.41, 5.74) is 1.87. The SMILES string of the molecule is CCN(CCOCCO)C(=O)Nc1ccc(C)cc1Br. The molecule has 0 spiro atoms. The molecule has 2 N–H and O–H groups in total. The average Bonchev–Trinajstić information content (AvgIpc) is 2.42. The molecule has 1 aromatic rings. The number of anilines is 1. The van der Waals surface area contributed by atoms with E-state index in [9.17, 15) is 4.79 Å². The highest BCUT2D eigenvalue weighted by molar-refractivity contribution is 9.10. The second kappa shape index (κ2) is 8.94. The van der Waals surface area contributed by atoms with Gasteiger partial charge < -0.3 is 20.1 Å². The third kappa shape index (κ3) is 5.48. The number of amides is 2. The largest absolute Gasteiger partial charge is 0.394 e. The van der Waals surface area contributed by atoms with Crippen LogP contribution in [0.25, 0.3) is 0 Å². The topological polar surface area (TPSA) is 61.8 Å². The van der Waals surface area contributed by atoms with E-state index in [-0.39, 0.29) is 12.6 Å². The molecule has 20 heavy (non-hydrogen) atoms. The standard InChI is InChI=1S/C14H21BrN2O3/c1-3-17(6-8-20-9-7-18)14(19)16-13-5-4-11(2)10-12(13)15/h4-5,10,18H,3,6-9H2,1-2H3,(H,16,19). The molecule has 6 heteroatoms. The van der Waals surface area contributed by atoms with Gasteiger partial charge in [-0.25, -0.2) is 4.79 Å². The Morgan fingerprint density at radius 2 is 2.20 bits per heavy atom. The number of aliphatic hydroxyl groups is 1. The van der Waals surface area contributed by atoms with Crippen LogP contribution in [0.1, 0.15) is 12.5 Å². The van der Waals surface area contributed by atoms with Crippen molar-refractivity contribution >= 4 is 27.6 Å². The Balaban J connectivity index is 2.54. The normalized spacial score (nSPS) is 10.4. The number of aryl methyl sites for hydroxylation is 1. The second-order valence-electron chi connectivity index (χ2n) is 4.33. The van der Waals surface area contributed by atoms with E-state index in [0.717, 1.165) is 15.7 Å². The van der Waals surface area contributed by atoms with Gasteiger partial charge in [0.25, 0.3) is 0 Å². The van der Waals surface area contributed by atoms with Gasteiger partial charge in [-0.2, -0.15) is 0 Å². The highest BCUT2D eigenvalue weighted by atomic mass is 79.9. The summed E-state index contributed by atoms with van der Waals surface area (Å²) in [6.07, 6.45) is 0. The summed E-state index contributed by atoms with van der Waals surface area (Å²) in [6, 6.07) is 5.61. The quantitative estimate of drug-likeness (QED) is 0.747. The van der Waals surface area contributed by atoms with E-state index in [0.29, 0.717) is 26.3 Å². The van der Waals surface area contributed by atoms with Gasteiger partial charge in [0.05, 0.1) is 25.5 Å². The van der Waals surface area contributed by atoms with Crippen molar-refractivity contribution in [3.05, 3.63) is 28.2 Å². The Morgan fingerprint density at radius 1 is 1.45 bits per heavy atom. The zero-order valence-electron chi connectivity index (χ0n) is 11.9. The fraction of sp³-hybridized carbons (Fsp3) is 0.500. The minimum absolute atomic E-state index is 0.00532. The maximum Gasteiger partial charge on any atom is 0.321 e. The van der Waals surface area contributed by atoms with Crippen LogP contribution in [0.5, 0.6) is 0 Å². The summed E-state index contributed by atoms with van der Waals surface area (Å²) >= 11 is 3.43. The molecule has 0 fully saturated rings. The summed E-state index contributed by atoms with van der Waals surface area (Å²) in [4.78, 5) is 13.8. The molecule has 0 atom stereocenters. The van der Waals surface area contributed by atoms with Crippen molar-refractivity contribution < 1.29 is 14.6 Å². The number of carbonyl (C=O) groups excluding carboxylic acids is 1. The number of hydrogen-bond donors (Lipinski definition) is 2. The number of urea groups is 1. The van der Waals surface area contributed by atoms with Crippen LogP contribution < -0.4 is 5.32 Å². The molecule has 0 aromatic heterocycles. The zero-order chi connectivity index (χ0) is 15.0. The maximum absolute atomic E-state index is 12.1. The lowest BCUT2D eigenvalue weighted by atomic mass is 10.2. The van der Waals surface area contributed by atoms with Crippen LogP contribution >= 0.6 is 15.9 Å². The van der Waals surface area contributed by atoms with E-state index in [2.05, 4.69) is 21.2 Å². The number of benzene rings is 1. The van der Waals surface area contributed by atoms with E-state index >= 15 is 0 Å². The number of ether oxygens (including phenoxy) is 1. The Hall–Kier alpha value is -1.11. The first-order valence-corrected chi connectivity index (χ1v) is 7.38. The number of nitrogens with zero attached hydrogens (tertiary/aromatic N) is 1. The smallest absolute Gasteiger partial charge is 0.321 e. The molecule has 2 amide bonds. The van der Waals surface area contributed by atoms with Gasteiger partial charge in [0.1, 0.15) is 0 Å². The lowest BCUT2D eigenvalue weighted by Gasteiger charge is -2.21. The van der Waals surface area contributed by atoms with Gasteiger partial charge in [0.15, 0.2) is 0 Å².